The van der Waals surface area contributed by atoms with Crippen LogP contribution >= 0.6 is 0 Å². The number of H-pyrrole nitrogens is 1. The first-order valence-corrected chi connectivity index (χ1v) is 10.4. The van der Waals surface area contributed by atoms with Crippen molar-refractivity contribution in [3.8, 4) is 5.75 Å². The molecule has 5 heteroatoms. The lowest BCUT2D eigenvalue weighted by Crippen LogP contribution is -2.00. The number of rotatable bonds is 7. The second-order valence-electron chi connectivity index (χ2n) is 6.87. The molecule has 0 saturated carbocycles. The van der Waals surface area contributed by atoms with Gasteiger partial charge in [-0.25, -0.2) is 4.79 Å². The molecule has 0 radical (unpaired) electrons. The predicted octanol–water partition coefficient (Wildman–Crippen LogP) is 5.77. The molecule has 0 atom stereocenters. The second kappa shape index (κ2) is 10.1. The number of fused-ring (bicyclic) bond motifs is 3. The van der Waals surface area contributed by atoms with Gasteiger partial charge in [0.05, 0.1) is 24.6 Å². The van der Waals surface area contributed by atoms with E-state index in [4.69, 9.17) is 13.9 Å². The molecule has 0 saturated heterocycles. The molecule has 0 aliphatic carbocycles. The molecule has 0 bridgehead atoms. The molecule has 158 valence electrons. The van der Waals surface area contributed by atoms with E-state index in [-0.39, 0.29) is 5.63 Å². The smallest absolute Gasteiger partial charge is 0.346 e. The lowest BCUT2D eigenvalue weighted by Gasteiger charge is -2.06. The Bertz CT molecular complexity index is 1160. The minimum Gasteiger partial charge on any atom is -0.497 e. The van der Waals surface area contributed by atoms with Crippen LogP contribution in [0.25, 0.3) is 21.9 Å². The van der Waals surface area contributed by atoms with Crippen molar-refractivity contribution in [3.05, 3.63) is 75.8 Å². The number of methoxy groups -OCH3 is 1. The predicted molar refractivity (Wildman–Crippen MR) is 121 cm³/mol. The third-order valence-electron chi connectivity index (χ3n) is 5.06. The summed E-state index contributed by atoms with van der Waals surface area (Å²) in [6, 6.07) is 15.5. The van der Waals surface area contributed by atoms with Crippen molar-refractivity contribution < 1.29 is 13.9 Å². The number of nitrogens with one attached hydrogen (secondary N) is 1. The lowest BCUT2D eigenvalue weighted by molar-refractivity contribution is 0.118. The molecule has 0 aliphatic rings. The van der Waals surface area contributed by atoms with E-state index in [0.29, 0.717) is 24.2 Å². The van der Waals surface area contributed by atoms with Crippen LogP contribution in [0.3, 0.4) is 0 Å². The Morgan fingerprint density at radius 3 is 2.50 bits per heavy atom. The molecule has 2 heterocycles. The maximum atomic E-state index is 12.4. The van der Waals surface area contributed by atoms with Crippen LogP contribution in [0, 0.1) is 6.92 Å². The van der Waals surface area contributed by atoms with Crippen LogP contribution in [0.1, 0.15) is 37.1 Å². The first-order chi connectivity index (χ1) is 14.7. The fraction of sp³-hybridized carbons (Fsp3) is 0.320. The fourth-order valence-electron chi connectivity index (χ4n) is 3.53. The van der Waals surface area contributed by atoms with Gasteiger partial charge in [-0.2, -0.15) is 0 Å². The highest BCUT2D eigenvalue weighted by atomic mass is 16.5. The molecule has 0 aliphatic heterocycles. The third kappa shape index (κ3) is 4.57. The van der Waals surface area contributed by atoms with Gasteiger partial charge in [0.2, 0.25) is 0 Å². The van der Waals surface area contributed by atoms with Gasteiger partial charge < -0.3 is 18.9 Å². The number of ether oxygens (including phenoxy) is 2. The minimum atomic E-state index is -0.288. The van der Waals surface area contributed by atoms with Crippen LogP contribution in [0.5, 0.6) is 5.75 Å². The molecule has 2 aromatic heterocycles. The number of hydrogen-bond donors (Lipinski definition) is 1. The zero-order valence-corrected chi connectivity index (χ0v) is 18.1. The Balaban J connectivity index is 0.00000124. The van der Waals surface area contributed by atoms with Gasteiger partial charge >= 0.3 is 5.63 Å². The van der Waals surface area contributed by atoms with Crippen molar-refractivity contribution in [2.75, 3.05) is 13.7 Å². The van der Waals surface area contributed by atoms with Crippen molar-refractivity contribution in [1.82, 2.24) is 4.98 Å². The zero-order chi connectivity index (χ0) is 21.5. The van der Waals surface area contributed by atoms with Crippen LogP contribution in [0.2, 0.25) is 0 Å². The summed E-state index contributed by atoms with van der Waals surface area (Å²) in [7, 11) is 1.66. The summed E-state index contributed by atoms with van der Waals surface area (Å²) in [5, 5.41) is 1.58. The first kappa shape index (κ1) is 21.7. The number of hydrogen-bond acceptors (Lipinski definition) is 4. The molecule has 0 fully saturated rings. The molecule has 0 spiro atoms. The largest absolute Gasteiger partial charge is 0.497 e. The maximum Gasteiger partial charge on any atom is 0.346 e. The van der Waals surface area contributed by atoms with Crippen molar-refractivity contribution in [1.29, 1.82) is 0 Å². The van der Waals surface area contributed by atoms with Gasteiger partial charge in [-0.05, 0) is 55.2 Å². The SMILES string of the molecule is CC.COc1ccc(COCCCc2[nH]c3c(c2C)c(=O)oc2ccccc23)cc1. The van der Waals surface area contributed by atoms with Crippen molar-refractivity contribution in [2.24, 2.45) is 0 Å². The van der Waals surface area contributed by atoms with E-state index in [2.05, 4.69) is 4.98 Å². The first-order valence-electron chi connectivity index (χ1n) is 10.4. The summed E-state index contributed by atoms with van der Waals surface area (Å²) in [6.07, 6.45) is 1.68. The number of para-hydroxylation sites is 1. The maximum absolute atomic E-state index is 12.4. The molecular weight excluding hydrogens is 378 g/mol. The van der Waals surface area contributed by atoms with E-state index in [1.165, 1.54) is 0 Å². The summed E-state index contributed by atoms with van der Waals surface area (Å²) in [5.74, 6) is 0.843. The molecule has 0 amide bonds. The van der Waals surface area contributed by atoms with Crippen molar-refractivity contribution in [2.45, 2.75) is 40.2 Å². The summed E-state index contributed by atoms with van der Waals surface area (Å²) < 4.78 is 16.4. The Hall–Kier alpha value is -3.05. The summed E-state index contributed by atoms with van der Waals surface area (Å²) in [6.45, 7) is 7.19. The quantitative estimate of drug-likeness (QED) is 0.312. The molecule has 30 heavy (non-hydrogen) atoms. The van der Waals surface area contributed by atoms with Crippen LogP contribution in [-0.2, 0) is 17.8 Å². The standard InChI is InChI=1S/C23H23NO4.C2H6/c1-15-19(7-5-13-27-14-16-9-11-17(26-2)12-10-16)24-22-18-6-3-4-8-20(18)28-23(25)21(15)22;1-2/h3-4,6,8-12,24H,5,7,13-14H2,1-2H3;1-2H3. The number of benzene rings is 2. The summed E-state index contributed by atoms with van der Waals surface area (Å²) >= 11 is 0. The molecule has 5 nitrogen and oxygen atoms in total. The van der Waals surface area contributed by atoms with Crippen molar-refractivity contribution >= 4 is 21.9 Å². The molecule has 4 aromatic rings. The van der Waals surface area contributed by atoms with Gasteiger partial charge in [-0.1, -0.05) is 38.1 Å². The van der Waals surface area contributed by atoms with E-state index < -0.39 is 0 Å². The van der Waals surface area contributed by atoms with Gasteiger partial charge in [-0.3, -0.25) is 0 Å². The van der Waals surface area contributed by atoms with Gasteiger partial charge in [0.15, 0.2) is 0 Å². The van der Waals surface area contributed by atoms with E-state index in [1.807, 2.05) is 69.3 Å². The molecule has 2 aromatic carbocycles. The van der Waals surface area contributed by atoms with Gasteiger partial charge in [0.25, 0.3) is 0 Å². The number of aryl methyl sites for hydroxylation is 2. The fourth-order valence-corrected chi connectivity index (χ4v) is 3.53. The van der Waals surface area contributed by atoms with E-state index >= 15 is 0 Å². The van der Waals surface area contributed by atoms with Gasteiger partial charge in [0.1, 0.15) is 11.3 Å². The second-order valence-corrected chi connectivity index (χ2v) is 6.87. The van der Waals surface area contributed by atoms with E-state index in [0.717, 1.165) is 46.3 Å². The summed E-state index contributed by atoms with van der Waals surface area (Å²) in [5.41, 5.74) is 4.32. The Labute approximate surface area is 176 Å². The highest BCUT2D eigenvalue weighted by Gasteiger charge is 2.15. The van der Waals surface area contributed by atoms with E-state index in [9.17, 15) is 4.79 Å². The monoisotopic (exact) mass is 407 g/mol. The third-order valence-corrected chi connectivity index (χ3v) is 5.06. The average Bonchev–Trinajstić information content (AvgIpc) is 3.12. The van der Waals surface area contributed by atoms with Gasteiger partial charge in [-0.15, -0.1) is 0 Å². The number of aromatic nitrogens is 1. The average molecular weight is 408 g/mol. The molecule has 1 N–H and O–H groups in total. The topological polar surface area (TPSA) is 64.5 Å². The molecule has 4 rings (SSSR count). The summed E-state index contributed by atoms with van der Waals surface area (Å²) in [4.78, 5) is 15.8. The van der Waals surface area contributed by atoms with E-state index in [1.54, 1.807) is 7.11 Å². The van der Waals surface area contributed by atoms with Crippen molar-refractivity contribution in [3.63, 3.8) is 0 Å². The van der Waals surface area contributed by atoms with Gasteiger partial charge in [0, 0.05) is 17.7 Å². The molecular formula is C25H29NO4. The normalized spacial score (nSPS) is 10.8. The Morgan fingerprint density at radius 1 is 1.03 bits per heavy atom. The van der Waals surface area contributed by atoms with Crippen LogP contribution in [-0.4, -0.2) is 18.7 Å². The highest BCUT2D eigenvalue weighted by Crippen LogP contribution is 2.26. The zero-order valence-electron chi connectivity index (χ0n) is 18.1. The van der Waals surface area contributed by atoms with Crippen LogP contribution in [0.4, 0.5) is 0 Å². The lowest BCUT2D eigenvalue weighted by atomic mass is 10.1. The molecule has 0 unspecified atom stereocenters. The van der Waals surface area contributed by atoms with Crippen LogP contribution < -0.4 is 10.4 Å². The highest BCUT2D eigenvalue weighted by molar-refractivity contribution is 6.03. The van der Waals surface area contributed by atoms with Crippen LogP contribution in [0.15, 0.2) is 57.7 Å². The minimum absolute atomic E-state index is 0.288. The number of aromatic amines is 1. The Kier molecular flexibility index (Phi) is 7.31. The Morgan fingerprint density at radius 2 is 1.77 bits per heavy atom.